The van der Waals surface area contributed by atoms with E-state index >= 15 is 0 Å². The van der Waals surface area contributed by atoms with Crippen LogP contribution >= 0.6 is 0 Å². The third kappa shape index (κ3) is 4.06. The topological polar surface area (TPSA) is 51.2 Å². The standard InChI is InChI=1S/C22H26N2O2/c1-14-4-3-5-17(10-14)19-11-20(19)22(25)24-15(2)21-9-8-18(12-23-21)26-13-16-6-7-16/h3-5,8-10,12,15-16,19-20H,6-7,11,13H2,1-2H3,(H,24,25)/t15?,19-,20+/m0/s1. The van der Waals surface area contributed by atoms with Crippen molar-refractivity contribution in [2.24, 2.45) is 11.8 Å². The van der Waals surface area contributed by atoms with Crippen LogP contribution in [0.3, 0.4) is 0 Å². The highest BCUT2D eigenvalue weighted by molar-refractivity contribution is 5.83. The van der Waals surface area contributed by atoms with Crippen LogP contribution in [0.25, 0.3) is 0 Å². The van der Waals surface area contributed by atoms with Gasteiger partial charge in [-0.2, -0.15) is 0 Å². The summed E-state index contributed by atoms with van der Waals surface area (Å²) in [5.41, 5.74) is 3.38. The molecule has 1 aromatic carbocycles. The molecule has 1 N–H and O–H groups in total. The van der Waals surface area contributed by atoms with Gasteiger partial charge in [-0.1, -0.05) is 29.8 Å². The lowest BCUT2D eigenvalue weighted by Gasteiger charge is -2.14. The number of nitrogens with zero attached hydrogens (tertiary/aromatic N) is 1. The second-order valence-electron chi connectivity index (χ2n) is 7.77. The largest absolute Gasteiger partial charge is 0.492 e. The zero-order chi connectivity index (χ0) is 18.1. The Kier molecular flexibility index (Phi) is 4.66. The van der Waals surface area contributed by atoms with Crippen LogP contribution in [0.2, 0.25) is 0 Å². The summed E-state index contributed by atoms with van der Waals surface area (Å²) in [4.78, 5) is 17.0. The Morgan fingerprint density at radius 3 is 2.85 bits per heavy atom. The maximum atomic E-state index is 12.5. The van der Waals surface area contributed by atoms with Gasteiger partial charge >= 0.3 is 0 Å². The number of carbonyl (C=O) groups is 1. The van der Waals surface area contributed by atoms with Crippen LogP contribution in [-0.2, 0) is 4.79 Å². The predicted octanol–water partition coefficient (Wildman–Crippen LogP) is 4.16. The quantitative estimate of drug-likeness (QED) is 0.816. The van der Waals surface area contributed by atoms with Gasteiger partial charge in [-0.05, 0) is 62.6 Å². The third-order valence-corrected chi connectivity index (χ3v) is 5.34. The van der Waals surface area contributed by atoms with Crippen molar-refractivity contribution in [3.8, 4) is 5.75 Å². The number of hydrogen-bond donors (Lipinski definition) is 1. The molecule has 2 aromatic rings. The number of amides is 1. The molecule has 4 heteroatoms. The molecule has 3 atom stereocenters. The molecule has 1 heterocycles. The monoisotopic (exact) mass is 350 g/mol. The molecule has 1 amide bonds. The normalized spacial score (nSPS) is 22.5. The fourth-order valence-electron chi connectivity index (χ4n) is 3.38. The molecule has 136 valence electrons. The van der Waals surface area contributed by atoms with Gasteiger partial charge in [0.1, 0.15) is 5.75 Å². The highest BCUT2D eigenvalue weighted by atomic mass is 16.5. The molecular weight excluding hydrogens is 324 g/mol. The molecule has 26 heavy (non-hydrogen) atoms. The minimum atomic E-state index is -0.0984. The first-order valence-corrected chi connectivity index (χ1v) is 9.56. The highest BCUT2D eigenvalue weighted by Crippen LogP contribution is 2.47. The smallest absolute Gasteiger partial charge is 0.224 e. The van der Waals surface area contributed by atoms with Crippen LogP contribution in [0.1, 0.15) is 55.0 Å². The number of aryl methyl sites for hydroxylation is 1. The molecule has 0 radical (unpaired) electrons. The fourth-order valence-corrected chi connectivity index (χ4v) is 3.38. The summed E-state index contributed by atoms with van der Waals surface area (Å²) in [5, 5.41) is 3.11. The molecule has 2 saturated carbocycles. The minimum absolute atomic E-state index is 0.0837. The van der Waals surface area contributed by atoms with E-state index in [-0.39, 0.29) is 17.9 Å². The second-order valence-corrected chi connectivity index (χ2v) is 7.77. The van der Waals surface area contributed by atoms with Gasteiger partial charge in [-0.25, -0.2) is 0 Å². The van der Waals surface area contributed by atoms with Crippen molar-refractivity contribution >= 4 is 5.91 Å². The maximum Gasteiger partial charge on any atom is 0.224 e. The van der Waals surface area contributed by atoms with Crippen LogP contribution in [0.5, 0.6) is 5.75 Å². The van der Waals surface area contributed by atoms with E-state index in [2.05, 4.69) is 41.5 Å². The summed E-state index contributed by atoms with van der Waals surface area (Å²) in [6.45, 7) is 4.86. The summed E-state index contributed by atoms with van der Waals surface area (Å²) in [5.74, 6) is 2.10. The zero-order valence-corrected chi connectivity index (χ0v) is 15.4. The lowest BCUT2D eigenvalue weighted by atomic mass is 10.1. The molecule has 2 aliphatic rings. The Hall–Kier alpha value is -2.36. The molecule has 0 saturated heterocycles. The van der Waals surface area contributed by atoms with Gasteiger partial charge < -0.3 is 10.1 Å². The van der Waals surface area contributed by atoms with E-state index in [0.717, 1.165) is 30.4 Å². The lowest BCUT2D eigenvalue weighted by molar-refractivity contribution is -0.123. The van der Waals surface area contributed by atoms with Crippen LogP contribution in [-0.4, -0.2) is 17.5 Å². The summed E-state index contributed by atoms with van der Waals surface area (Å²) >= 11 is 0. The molecule has 1 aromatic heterocycles. The van der Waals surface area contributed by atoms with Gasteiger partial charge in [0.15, 0.2) is 0 Å². The number of ether oxygens (including phenoxy) is 1. The van der Waals surface area contributed by atoms with Crippen molar-refractivity contribution in [3.05, 3.63) is 59.4 Å². The van der Waals surface area contributed by atoms with Crippen molar-refractivity contribution in [1.82, 2.24) is 10.3 Å². The van der Waals surface area contributed by atoms with Gasteiger partial charge in [0.25, 0.3) is 0 Å². The van der Waals surface area contributed by atoms with E-state index in [1.165, 1.54) is 24.0 Å². The first kappa shape index (κ1) is 17.1. The number of nitrogens with one attached hydrogen (secondary N) is 1. The van der Waals surface area contributed by atoms with Crippen molar-refractivity contribution in [2.75, 3.05) is 6.61 Å². The van der Waals surface area contributed by atoms with E-state index in [0.29, 0.717) is 5.92 Å². The van der Waals surface area contributed by atoms with Crippen molar-refractivity contribution < 1.29 is 9.53 Å². The Labute approximate surface area is 155 Å². The van der Waals surface area contributed by atoms with E-state index in [4.69, 9.17) is 4.74 Å². The average Bonchev–Trinajstić information content (AvgIpc) is 3.54. The van der Waals surface area contributed by atoms with Crippen molar-refractivity contribution in [2.45, 2.75) is 45.1 Å². The molecular formula is C22H26N2O2. The molecule has 4 rings (SSSR count). The minimum Gasteiger partial charge on any atom is -0.492 e. The van der Waals surface area contributed by atoms with Crippen molar-refractivity contribution in [1.29, 1.82) is 0 Å². The third-order valence-electron chi connectivity index (χ3n) is 5.34. The number of benzene rings is 1. The molecule has 2 aliphatic carbocycles. The number of carbonyl (C=O) groups excluding carboxylic acids is 1. The molecule has 4 nitrogen and oxygen atoms in total. The van der Waals surface area contributed by atoms with E-state index in [1.807, 2.05) is 19.1 Å². The van der Waals surface area contributed by atoms with Gasteiger partial charge in [-0.3, -0.25) is 9.78 Å². The SMILES string of the molecule is Cc1cccc([C@@H]2C[C@H]2C(=O)NC(C)c2ccc(OCC3CC3)cn2)c1. The molecule has 0 spiro atoms. The first-order valence-electron chi connectivity index (χ1n) is 9.56. The van der Waals surface area contributed by atoms with Gasteiger partial charge in [0.05, 0.1) is 24.5 Å². The van der Waals surface area contributed by atoms with Gasteiger partial charge in [0.2, 0.25) is 5.91 Å². The van der Waals surface area contributed by atoms with Crippen LogP contribution in [0, 0.1) is 18.8 Å². The highest BCUT2D eigenvalue weighted by Gasteiger charge is 2.44. The maximum absolute atomic E-state index is 12.5. The summed E-state index contributed by atoms with van der Waals surface area (Å²) in [7, 11) is 0. The van der Waals surface area contributed by atoms with Crippen LogP contribution in [0.4, 0.5) is 0 Å². The van der Waals surface area contributed by atoms with Crippen molar-refractivity contribution in [3.63, 3.8) is 0 Å². The average molecular weight is 350 g/mol. The summed E-state index contributed by atoms with van der Waals surface area (Å²) in [6, 6.07) is 12.3. The summed E-state index contributed by atoms with van der Waals surface area (Å²) < 4.78 is 5.72. The predicted molar refractivity (Wildman–Crippen MR) is 101 cm³/mol. The second kappa shape index (κ2) is 7.10. The number of hydrogen-bond acceptors (Lipinski definition) is 3. The molecule has 0 bridgehead atoms. The number of rotatable bonds is 7. The molecule has 1 unspecified atom stereocenters. The Balaban J connectivity index is 1.30. The zero-order valence-electron chi connectivity index (χ0n) is 15.4. The van der Waals surface area contributed by atoms with E-state index in [9.17, 15) is 4.79 Å². The van der Waals surface area contributed by atoms with E-state index < -0.39 is 0 Å². The fraction of sp³-hybridized carbons (Fsp3) is 0.455. The number of pyridine rings is 1. The van der Waals surface area contributed by atoms with E-state index in [1.54, 1.807) is 6.20 Å². The van der Waals surface area contributed by atoms with Gasteiger partial charge in [0, 0.05) is 5.92 Å². The Morgan fingerprint density at radius 1 is 1.31 bits per heavy atom. The number of aromatic nitrogens is 1. The summed E-state index contributed by atoms with van der Waals surface area (Å²) in [6.07, 6.45) is 5.25. The van der Waals surface area contributed by atoms with Gasteiger partial charge in [-0.15, -0.1) is 0 Å². The van der Waals surface area contributed by atoms with Crippen LogP contribution < -0.4 is 10.1 Å². The van der Waals surface area contributed by atoms with Crippen LogP contribution in [0.15, 0.2) is 42.6 Å². The molecule has 2 fully saturated rings. The Morgan fingerprint density at radius 2 is 2.15 bits per heavy atom. The molecule has 0 aliphatic heterocycles. The lowest BCUT2D eigenvalue weighted by Crippen LogP contribution is -2.28. The Bertz CT molecular complexity index is 783. The first-order chi connectivity index (χ1) is 12.6.